The summed E-state index contributed by atoms with van der Waals surface area (Å²) in [4.78, 5) is 7.28. The fraction of sp³-hybridized carbons (Fsp3) is 0.308. The van der Waals surface area contributed by atoms with Crippen LogP contribution in [0.4, 0.5) is 4.39 Å². The lowest BCUT2D eigenvalue weighted by molar-refractivity contribution is 0.481. The Hall–Kier alpha value is -1.73. The van der Waals surface area contributed by atoms with Gasteiger partial charge in [-0.1, -0.05) is 0 Å². The van der Waals surface area contributed by atoms with Crippen LogP contribution in [0.5, 0.6) is 0 Å². The van der Waals surface area contributed by atoms with Crippen molar-refractivity contribution in [3.05, 3.63) is 47.8 Å². The van der Waals surface area contributed by atoms with E-state index < -0.39 is 15.7 Å². The van der Waals surface area contributed by atoms with Gasteiger partial charge in [0.25, 0.3) is 0 Å². The summed E-state index contributed by atoms with van der Waals surface area (Å²) in [5.41, 5.74) is 0.503. The van der Waals surface area contributed by atoms with Crippen molar-refractivity contribution >= 4 is 9.84 Å². The molecule has 1 aliphatic rings. The van der Waals surface area contributed by atoms with Crippen LogP contribution < -0.4 is 5.32 Å². The number of aromatic amines is 1. The maximum absolute atomic E-state index is 13.4. The van der Waals surface area contributed by atoms with Crippen LogP contribution in [0, 0.1) is 5.82 Å². The third kappa shape index (κ3) is 2.46. The molecule has 0 fully saturated rings. The third-order valence-corrected chi connectivity index (χ3v) is 5.24. The molecule has 0 amide bonds. The topological polar surface area (TPSA) is 74.8 Å². The van der Waals surface area contributed by atoms with Crippen LogP contribution in [0.25, 0.3) is 0 Å². The lowest BCUT2D eigenvalue weighted by atomic mass is 10.0. The van der Waals surface area contributed by atoms with Crippen molar-refractivity contribution in [2.75, 3.05) is 5.75 Å². The van der Waals surface area contributed by atoms with E-state index in [0.29, 0.717) is 18.5 Å². The number of benzene rings is 1. The molecule has 1 aromatic carbocycles. The van der Waals surface area contributed by atoms with Crippen LogP contribution >= 0.6 is 0 Å². The van der Waals surface area contributed by atoms with Gasteiger partial charge in [0, 0.05) is 18.4 Å². The molecule has 0 aliphatic carbocycles. The van der Waals surface area contributed by atoms with E-state index in [1.54, 1.807) is 12.4 Å². The minimum Gasteiger partial charge on any atom is -0.348 e. The highest BCUT2D eigenvalue weighted by Crippen LogP contribution is 2.32. The predicted molar refractivity (Wildman–Crippen MR) is 71.2 cm³/mol. The first-order chi connectivity index (χ1) is 9.56. The maximum atomic E-state index is 13.4. The number of hydrogen-bond acceptors (Lipinski definition) is 4. The first-order valence-corrected chi connectivity index (χ1v) is 7.95. The van der Waals surface area contributed by atoms with Crippen molar-refractivity contribution < 1.29 is 12.8 Å². The fourth-order valence-corrected chi connectivity index (χ4v) is 4.04. The molecule has 0 saturated carbocycles. The number of aromatic nitrogens is 2. The quantitative estimate of drug-likeness (QED) is 0.843. The van der Waals surface area contributed by atoms with Crippen molar-refractivity contribution in [2.24, 2.45) is 0 Å². The average Bonchev–Trinajstić information content (AvgIpc) is 2.90. The number of halogens is 1. The lowest BCUT2D eigenvalue weighted by Crippen LogP contribution is -2.30. The summed E-state index contributed by atoms with van der Waals surface area (Å²) >= 11 is 0. The molecule has 7 heteroatoms. The highest BCUT2D eigenvalue weighted by atomic mass is 32.2. The van der Waals surface area contributed by atoms with E-state index in [4.69, 9.17) is 0 Å². The lowest BCUT2D eigenvalue weighted by Gasteiger charge is -2.26. The van der Waals surface area contributed by atoms with Crippen LogP contribution in [-0.4, -0.2) is 24.1 Å². The summed E-state index contributed by atoms with van der Waals surface area (Å²) in [6.45, 7) is 0.480. The zero-order valence-electron chi connectivity index (χ0n) is 10.6. The van der Waals surface area contributed by atoms with Crippen molar-refractivity contribution in [3.8, 4) is 0 Å². The molecule has 0 saturated heterocycles. The Labute approximate surface area is 116 Å². The molecule has 2 N–H and O–H groups in total. The second-order valence-corrected chi connectivity index (χ2v) is 6.84. The number of H-pyrrole nitrogens is 1. The molecule has 2 heterocycles. The summed E-state index contributed by atoms with van der Waals surface area (Å²) < 4.78 is 37.4. The zero-order valence-corrected chi connectivity index (χ0v) is 11.5. The number of sulfone groups is 1. The highest BCUT2D eigenvalue weighted by molar-refractivity contribution is 7.91. The summed E-state index contributed by atoms with van der Waals surface area (Å²) in [6, 6.07) is 3.65. The molecule has 5 nitrogen and oxygen atoms in total. The van der Waals surface area contributed by atoms with E-state index >= 15 is 0 Å². The molecule has 1 atom stereocenters. The van der Waals surface area contributed by atoms with E-state index in [1.807, 2.05) is 0 Å². The minimum absolute atomic E-state index is 0.0709. The van der Waals surface area contributed by atoms with E-state index in [9.17, 15) is 12.8 Å². The second-order valence-electron chi connectivity index (χ2n) is 4.76. The van der Waals surface area contributed by atoms with E-state index in [-0.39, 0.29) is 16.7 Å². The van der Waals surface area contributed by atoms with Gasteiger partial charge in [0.05, 0.1) is 17.2 Å². The largest absolute Gasteiger partial charge is 0.348 e. The van der Waals surface area contributed by atoms with Crippen LogP contribution in [0.1, 0.15) is 23.9 Å². The molecule has 0 radical (unpaired) electrons. The van der Waals surface area contributed by atoms with E-state index in [2.05, 4.69) is 15.3 Å². The number of rotatable bonds is 3. The predicted octanol–water partition coefficient (Wildman–Crippen LogP) is 1.56. The molecular formula is C13H14FN3O2S. The summed E-state index contributed by atoms with van der Waals surface area (Å²) in [5.74, 6) is 0.406. The molecular weight excluding hydrogens is 281 g/mol. The highest BCUT2D eigenvalue weighted by Gasteiger charge is 2.30. The Morgan fingerprint density at radius 3 is 3.05 bits per heavy atom. The fourth-order valence-electron chi connectivity index (χ4n) is 2.44. The number of imidazole rings is 1. The summed E-state index contributed by atoms with van der Waals surface area (Å²) in [5, 5.41) is 3.22. The van der Waals surface area contributed by atoms with Gasteiger partial charge in [-0.2, -0.15) is 0 Å². The first kappa shape index (κ1) is 13.3. The molecule has 20 heavy (non-hydrogen) atoms. The Balaban J connectivity index is 1.89. The molecule has 2 aromatic rings. The molecule has 106 valence electrons. The van der Waals surface area contributed by atoms with Crippen molar-refractivity contribution in [3.63, 3.8) is 0 Å². The molecule has 1 aromatic heterocycles. The Morgan fingerprint density at radius 2 is 2.30 bits per heavy atom. The smallest absolute Gasteiger partial charge is 0.178 e. The second kappa shape index (κ2) is 4.99. The molecule has 1 unspecified atom stereocenters. The Kier molecular flexibility index (Phi) is 3.31. The van der Waals surface area contributed by atoms with Gasteiger partial charge >= 0.3 is 0 Å². The van der Waals surface area contributed by atoms with Gasteiger partial charge in [-0.3, -0.25) is 0 Å². The van der Waals surface area contributed by atoms with Gasteiger partial charge in [0.15, 0.2) is 9.84 Å². The molecule has 3 rings (SSSR count). The third-order valence-electron chi connectivity index (χ3n) is 3.43. The zero-order chi connectivity index (χ0) is 14.2. The van der Waals surface area contributed by atoms with Gasteiger partial charge < -0.3 is 10.3 Å². The Bertz CT molecular complexity index is 713. The van der Waals surface area contributed by atoms with Crippen molar-refractivity contribution in [1.82, 2.24) is 15.3 Å². The molecule has 0 bridgehead atoms. The maximum Gasteiger partial charge on any atom is 0.178 e. The monoisotopic (exact) mass is 295 g/mol. The minimum atomic E-state index is -3.29. The van der Waals surface area contributed by atoms with Crippen molar-refractivity contribution in [2.45, 2.75) is 23.9 Å². The Morgan fingerprint density at radius 1 is 1.45 bits per heavy atom. The van der Waals surface area contributed by atoms with Crippen molar-refractivity contribution in [1.29, 1.82) is 0 Å². The molecule has 0 spiro atoms. The molecule has 1 aliphatic heterocycles. The van der Waals surface area contributed by atoms with Gasteiger partial charge in [-0.25, -0.2) is 17.8 Å². The number of nitrogens with one attached hydrogen (secondary N) is 2. The van der Waals surface area contributed by atoms with E-state index in [1.165, 1.54) is 18.2 Å². The average molecular weight is 295 g/mol. The summed E-state index contributed by atoms with van der Waals surface area (Å²) in [7, 11) is -3.29. The van der Waals surface area contributed by atoms with Gasteiger partial charge in [-0.15, -0.1) is 0 Å². The van der Waals surface area contributed by atoms with Gasteiger partial charge in [0.1, 0.15) is 11.6 Å². The van der Waals surface area contributed by atoms with Crippen LogP contribution in [-0.2, 0) is 16.4 Å². The standard InChI is InChI=1S/C13H14FN3O2S/c14-9-1-2-12-10(7-9)11(3-6-20(12,18)19)17-8-13-15-4-5-16-13/h1-2,4-5,7,11,17H,3,6,8H2,(H,15,16). The van der Waals surface area contributed by atoms with Gasteiger partial charge in [-0.05, 0) is 30.2 Å². The number of nitrogens with zero attached hydrogens (tertiary/aromatic N) is 1. The number of fused-ring (bicyclic) bond motifs is 1. The van der Waals surface area contributed by atoms with Crippen LogP contribution in [0.15, 0.2) is 35.5 Å². The van der Waals surface area contributed by atoms with E-state index in [0.717, 1.165) is 5.82 Å². The SMILES string of the molecule is O=S1(=O)CCC(NCc2ncc[nH]2)c2cc(F)ccc21. The van der Waals surface area contributed by atoms with Crippen LogP contribution in [0.3, 0.4) is 0 Å². The normalized spacial score (nSPS) is 20.6. The first-order valence-electron chi connectivity index (χ1n) is 6.30. The number of hydrogen-bond donors (Lipinski definition) is 2. The summed E-state index contributed by atoms with van der Waals surface area (Å²) in [6.07, 6.45) is 3.80. The van der Waals surface area contributed by atoms with Crippen LogP contribution in [0.2, 0.25) is 0 Å². The van der Waals surface area contributed by atoms with Gasteiger partial charge in [0.2, 0.25) is 0 Å².